The third kappa shape index (κ3) is 2.46. The molecule has 0 spiro atoms. The van der Waals surface area contributed by atoms with Crippen molar-refractivity contribution in [2.24, 2.45) is 5.73 Å². The third-order valence-corrected chi connectivity index (χ3v) is 3.32. The van der Waals surface area contributed by atoms with Gasteiger partial charge in [-0.25, -0.2) is 4.98 Å². The summed E-state index contributed by atoms with van der Waals surface area (Å²) in [6.07, 6.45) is 0. The summed E-state index contributed by atoms with van der Waals surface area (Å²) < 4.78 is 5.81. The average molecular weight is 285 g/mol. The lowest BCUT2D eigenvalue weighted by Crippen LogP contribution is -2.02. The van der Waals surface area contributed by atoms with Gasteiger partial charge in [-0.3, -0.25) is 0 Å². The predicted octanol–water partition coefficient (Wildman–Crippen LogP) is 4.14. The van der Waals surface area contributed by atoms with Crippen LogP contribution in [0.25, 0.3) is 10.9 Å². The smallest absolute Gasteiger partial charge is 0.224 e. The molecular formula is C16H13ClN2O. The van der Waals surface area contributed by atoms with Crippen molar-refractivity contribution >= 4 is 22.5 Å². The van der Waals surface area contributed by atoms with Gasteiger partial charge in [0, 0.05) is 17.5 Å². The molecule has 1 heterocycles. The lowest BCUT2D eigenvalue weighted by atomic mass is 10.1. The molecule has 3 nitrogen and oxygen atoms in total. The van der Waals surface area contributed by atoms with E-state index in [1.165, 1.54) is 0 Å². The molecule has 0 amide bonds. The number of fused-ring (bicyclic) bond motifs is 1. The Morgan fingerprint density at radius 3 is 2.60 bits per heavy atom. The van der Waals surface area contributed by atoms with Crippen molar-refractivity contribution in [2.45, 2.75) is 6.54 Å². The van der Waals surface area contributed by atoms with Gasteiger partial charge < -0.3 is 10.5 Å². The van der Waals surface area contributed by atoms with Crippen molar-refractivity contribution < 1.29 is 4.74 Å². The Morgan fingerprint density at radius 2 is 1.85 bits per heavy atom. The molecule has 0 aliphatic heterocycles. The normalized spacial score (nSPS) is 10.7. The van der Waals surface area contributed by atoms with E-state index in [0.29, 0.717) is 17.4 Å². The first kappa shape index (κ1) is 12.9. The molecule has 0 saturated carbocycles. The van der Waals surface area contributed by atoms with E-state index < -0.39 is 0 Å². The fourth-order valence-electron chi connectivity index (χ4n) is 2.02. The molecular weight excluding hydrogens is 272 g/mol. The summed E-state index contributed by atoms with van der Waals surface area (Å²) in [5.41, 5.74) is 7.35. The lowest BCUT2D eigenvalue weighted by Gasteiger charge is -2.11. The SMILES string of the molecule is NCc1cc2cccc(Cl)c2nc1Oc1ccccc1. The zero-order valence-corrected chi connectivity index (χ0v) is 11.5. The van der Waals surface area contributed by atoms with E-state index in [4.69, 9.17) is 22.1 Å². The third-order valence-electron chi connectivity index (χ3n) is 3.01. The molecule has 100 valence electrons. The zero-order valence-electron chi connectivity index (χ0n) is 10.7. The van der Waals surface area contributed by atoms with E-state index in [2.05, 4.69) is 4.98 Å². The first-order chi connectivity index (χ1) is 9.78. The van der Waals surface area contributed by atoms with Gasteiger partial charge in [-0.2, -0.15) is 0 Å². The maximum atomic E-state index is 6.18. The minimum absolute atomic E-state index is 0.359. The summed E-state index contributed by atoms with van der Waals surface area (Å²) in [6, 6.07) is 17.1. The van der Waals surface area contributed by atoms with Crippen molar-refractivity contribution in [3.8, 4) is 11.6 Å². The first-order valence-corrected chi connectivity index (χ1v) is 6.67. The highest BCUT2D eigenvalue weighted by Crippen LogP contribution is 2.29. The minimum atomic E-state index is 0.359. The quantitative estimate of drug-likeness (QED) is 0.786. The second-order valence-electron chi connectivity index (χ2n) is 4.38. The molecule has 0 fully saturated rings. The molecule has 0 bridgehead atoms. The molecule has 0 saturated heterocycles. The Hall–Kier alpha value is -2.10. The molecule has 1 aromatic heterocycles. The molecule has 2 aromatic carbocycles. The zero-order chi connectivity index (χ0) is 13.9. The number of halogens is 1. The lowest BCUT2D eigenvalue weighted by molar-refractivity contribution is 0.458. The number of nitrogens with two attached hydrogens (primary N) is 1. The Bertz CT molecular complexity index is 744. The fourth-order valence-corrected chi connectivity index (χ4v) is 2.25. The second kappa shape index (κ2) is 5.49. The number of aromatic nitrogens is 1. The highest BCUT2D eigenvalue weighted by molar-refractivity contribution is 6.35. The standard InChI is InChI=1S/C16H13ClN2O/c17-14-8-4-5-11-9-12(10-18)16(19-15(11)14)20-13-6-2-1-3-7-13/h1-9H,10,18H2. The van der Waals surface area contributed by atoms with E-state index in [1.54, 1.807) is 0 Å². The van der Waals surface area contributed by atoms with Gasteiger partial charge in [-0.15, -0.1) is 0 Å². The molecule has 3 rings (SSSR count). The van der Waals surface area contributed by atoms with E-state index in [1.807, 2.05) is 54.6 Å². The maximum Gasteiger partial charge on any atom is 0.224 e. The van der Waals surface area contributed by atoms with Crippen LogP contribution in [0.1, 0.15) is 5.56 Å². The van der Waals surface area contributed by atoms with Crippen LogP contribution in [-0.4, -0.2) is 4.98 Å². The molecule has 20 heavy (non-hydrogen) atoms. The van der Waals surface area contributed by atoms with E-state index >= 15 is 0 Å². The van der Waals surface area contributed by atoms with Crippen molar-refractivity contribution in [3.05, 3.63) is 65.2 Å². The summed E-state index contributed by atoms with van der Waals surface area (Å²) in [5.74, 6) is 1.22. The largest absolute Gasteiger partial charge is 0.439 e. The maximum absolute atomic E-state index is 6.18. The monoisotopic (exact) mass is 284 g/mol. The minimum Gasteiger partial charge on any atom is -0.439 e. The van der Waals surface area contributed by atoms with Crippen molar-refractivity contribution in [1.29, 1.82) is 0 Å². The van der Waals surface area contributed by atoms with E-state index in [-0.39, 0.29) is 0 Å². The number of nitrogens with zero attached hydrogens (tertiary/aromatic N) is 1. The number of ether oxygens (including phenoxy) is 1. The molecule has 3 aromatic rings. The number of benzene rings is 2. The van der Waals surface area contributed by atoms with Crippen molar-refractivity contribution in [2.75, 3.05) is 0 Å². The van der Waals surface area contributed by atoms with Crippen LogP contribution in [0, 0.1) is 0 Å². The number of hydrogen-bond donors (Lipinski definition) is 1. The molecule has 0 radical (unpaired) electrons. The summed E-state index contributed by atoms with van der Waals surface area (Å²) >= 11 is 6.18. The Kier molecular flexibility index (Phi) is 3.54. The number of para-hydroxylation sites is 2. The molecule has 0 unspecified atom stereocenters. The van der Waals surface area contributed by atoms with E-state index in [9.17, 15) is 0 Å². The van der Waals surface area contributed by atoms with Crippen LogP contribution in [0.3, 0.4) is 0 Å². The van der Waals surface area contributed by atoms with E-state index in [0.717, 1.165) is 22.2 Å². The summed E-state index contributed by atoms with van der Waals surface area (Å²) in [5, 5.41) is 1.56. The highest BCUT2D eigenvalue weighted by atomic mass is 35.5. The van der Waals surface area contributed by atoms with Crippen molar-refractivity contribution in [3.63, 3.8) is 0 Å². The average Bonchev–Trinajstić information content (AvgIpc) is 2.48. The van der Waals surface area contributed by atoms with Crippen LogP contribution in [0.2, 0.25) is 5.02 Å². The van der Waals surface area contributed by atoms with Gasteiger partial charge >= 0.3 is 0 Å². The first-order valence-electron chi connectivity index (χ1n) is 6.29. The second-order valence-corrected chi connectivity index (χ2v) is 4.79. The Balaban J connectivity index is 2.11. The number of pyridine rings is 1. The summed E-state index contributed by atoms with van der Waals surface area (Å²) in [7, 11) is 0. The summed E-state index contributed by atoms with van der Waals surface area (Å²) in [6.45, 7) is 0.359. The topological polar surface area (TPSA) is 48.1 Å². The van der Waals surface area contributed by atoms with Gasteiger partial charge in [-0.05, 0) is 24.3 Å². The number of rotatable bonds is 3. The van der Waals surface area contributed by atoms with Crippen LogP contribution < -0.4 is 10.5 Å². The van der Waals surface area contributed by atoms with Crippen LogP contribution in [0.15, 0.2) is 54.6 Å². The van der Waals surface area contributed by atoms with Crippen LogP contribution >= 0.6 is 11.6 Å². The molecule has 0 atom stereocenters. The molecule has 2 N–H and O–H groups in total. The molecule has 4 heteroatoms. The Morgan fingerprint density at radius 1 is 1.05 bits per heavy atom. The highest BCUT2D eigenvalue weighted by Gasteiger charge is 2.10. The fraction of sp³-hybridized carbons (Fsp3) is 0.0625. The van der Waals surface area contributed by atoms with Gasteiger partial charge in [0.1, 0.15) is 5.75 Å². The van der Waals surface area contributed by atoms with Gasteiger partial charge in [0.25, 0.3) is 0 Å². The van der Waals surface area contributed by atoms with Crippen LogP contribution in [-0.2, 0) is 6.54 Å². The molecule has 0 aliphatic carbocycles. The Labute approximate surface area is 122 Å². The summed E-state index contributed by atoms with van der Waals surface area (Å²) in [4.78, 5) is 4.51. The van der Waals surface area contributed by atoms with Crippen LogP contribution in [0.4, 0.5) is 0 Å². The van der Waals surface area contributed by atoms with Gasteiger partial charge in [0.05, 0.1) is 10.5 Å². The molecule has 0 aliphatic rings. The van der Waals surface area contributed by atoms with Crippen molar-refractivity contribution in [1.82, 2.24) is 4.98 Å². The number of hydrogen-bond acceptors (Lipinski definition) is 3. The van der Waals surface area contributed by atoms with Gasteiger partial charge in [0.2, 0.25) is 5.88 Å². The van der Waals surface area contributed by atoms with Crippen LogP contribution in [0.5, 0.6) is 11.6 Å². The van der Waals surface area contributed by atoms with Gasteiger partial charge in [-0.1, -0.05) is 41.9 Å². The predicted molar refractivity (Wildman–Crippen MR) is 81.2 cm³/mol. The van der Waals surface area contributed by atoms with Gasteiger partial charge in [0.15, 0.2) is 0 Å².